The maximum absolute atomic E-state index is 13.4. The molecule has 0 spiro atoms. The molecule has 2 aromatic heterocycles. The molecule has 1 unspecified atom stereocenters. The van der Waals surface area contributed by atoms with Crippen LogP contribution in [-0.4, -0.2) is 45.9 Å². The van der Waals surface area contributed by atoms with Crippen molar-refractivity contribution in [2.24, 2.45) is 0 Å². The molecule has 1 saturated heterocycles. The summed E-state index contributed by atoms with van der Waals surface area (Å²) in [5.74, 6) is 2.67. The van der Waals surface area contributed by atoms with Gasteiger partial charge >= 0.3 is 0 Å². The second kappa shape index (κ2) is 9.18. The molecular weight excluding hydrogens is 437 g/mol. The maximum atomic E-state index is 13.4. The molecule has 31 heavy (non-hydrogen) atoms. The monoisotopic (exact) mass is 457 g/mol. The molecule has 0 bridgehead atoms. The standard InChI is InChI=1S/C22H21ClFN5OS/c1-3-13(2)29-8-6-14(7-9-29)28-21(30)19-11-16-20(25-12-26-22(16)31-19)27-15-4-5-18(24)17(23)10-15/h1,4-5,10-14H,6-9H2,2H3,(H,28,30)(H,25,26,27). The highest BCUT2D eigenvalue weighted by atomic mass is 35.5. The summed E-state index contributed by atoms with van der Waals surface area (Å²) in [5, 5.41) is 6.98. The number of nitrogens with one attached hydrogen (secondary N) is 2. The van der Waals surface area contributed by atoms with Gasteiger partial charge in [0.2, 0.25) is 0 Å². The van der Waals surface area contributed by atoms with E-state index in [1.54, 1.807) is 12.1 Å². The fourth-order valence-corrected chi connectivity index (χ4v) is 4.65. The number of carbonyl (C=O) groups is 1. The highest BCUT2D eigenvalue weighted by molar-refractivity contribution is 7.20. The van der Waals surface area contributed by atoms with Crippen LogP contribution in [0.15, 0.2) is 30.6 Å². The first-order valence-corrected chi connectivity index (χ1v) is 11.1. The number of hydrogen-bond acceptors (Lipinski definition) is 6. The van der Waals surface area contributed by atoms with Crippen LogP contribution >= 0.6 is 22.9 Å². The van der Waals surface area contributed by atoms with E-state index in [0.717, 1.165) is 31.3 Å². The van der Waals surface area contributed by atoms with E-state index in [2.05, 4.69) is 31.4 Å². The minimum absolute atomic E-state index is 0.0170. The zero-order valence-electron chi connectivity index (χ0n) is 16.9. The fraction of sp³-hybridized carbons (Fsp3) is 0.318. The quantitative estimate of drug-likeness (QED) is 0.554. The van der Waals surface area contributed by atoms with Gasteiger partial charge in [-0.1, -0.05) is 17.5 Å². The topological polar surface area (TPSA) is 70.2 Å². The Morgan fingerprint density at radius 1 is 1.35 bits per heavy atom. The van der Waals surface area contributed by atoms with Gasteiger partial charge in [0.25, 0.3) is 5.91 Å². The lowest BCUT2D eigenvalue weighted by Crippen LogP contribution is -2.46. The summed E-state index contributed by atoms with van der Waals surface area (Å²) in [7, 11) is 0. The molecule has 0 radical (unpaired) electrons. The first-order valence-electron chi connectivity index (χ1n) is 9.92. The van der Waals surface area contributed by atoms with Crippen molar-refractivity contribution < 1.29 is 9.18 Å². The molecule has 1 amide bonds. The minimum atomic E-state index is -0.492. The Hall–Kier alpha value is -2.73. The molecule has 4 rings (SSSR count). The summed E-state index contributed by atoms with van der Waals surface area (Å²) in [6.07, 6.45) is 8.66. The zero-order chi connectivity index (χ0) is 22.0. The summed E-state index contributed by atoms with van der Waals surface area (Å²) in [5.41, 5.74) is 0.594. The van der Waals surface area contributed by atoms with Crippen molar-refractivity contribution in [3.05, 3.63) is 46.3 Å². The Balaban J connectivity index is 1.47. The number of benzene rings is 1. The molecule has 2 N–H and O–H groups in total. The molecule has 6 nitrogen and oxygen atoms in total. The van der Waals surface area contributed by atoms with Crippen LogP contribution in [0, 0.1) is 18.2 Å². The fourth-order valence-electron chi connectivity index (χ4n) is 3.57. The van der Waals surface area contributed by atoms with E-state index in [9.17, 15) is 9.18 Å². The summed E-state index contributed by atoms with van der Waals surface area (Å²) < 4.78 is 13.4. The van der Waals surface area contributed by atoms with Crippen molar-refractivity contribution in [1.82, 2.24) is 20.2 Å². The predicted octanol–water partition coefficient (Wildman–Crippen LogP) is 4.44. The molecule has 1 aliphatic rings. The van der Waals surface area contributed by atoms with Crippen LogP contribution in [0.2, 0.25) is 5.02 Å². The third-order valence-electron chi connectivity index (χ3n) is 5.39. The lowest BCUT2D eigenvalue weighted by molar-refractivity contribution is 0.0910. The van der Waals surface area contributed by atoms with Crippen molar-refractivity contribution in [3.8, 4) is 12.3 Å². The Labute approximate surface area is 188 Å². The van der Waals surface area contributed by atoms with Gasteiger partial charge in [0.05, 0.1) is 21.3 Å². The maximum Gasteiger partial charge on any atom is 0.261 e. The normalized spacial score (nSPS) is 16.1. The SMILES string of the molecule is C#CC(C)N1CCC(NC(=O)c2cc3c(Nc4ccc(F)c(Cl)c4)ncnc3s2)CC1. The van der Waals surface area contributed by atoms with Crippen LogP contribution in [-0.2, 0) is 0 Å². The van der Waals surface area contributed by atoms with Crippen LogP contribution in [0.4, 0.5) is 15.9 Å². The molecular formula is C22H21ClFN5OS. The summed E-state index contributed by atoms with van der Waals surface area (Å²) >= 11 is 7.17. The number of aromatic nitrogens is 2. The largest absolute Gasteiger partial charge is 0.349 e. The van der Waals surface area contributed by atoms with Gasteiger partial charge in [0, 0.05) is 24.8 Å². The average Bonchev–Trinajstić information content (AvgIpc) is 3.22. The Morgan fingerprint density at radius 3 is 2.84 bits per heavy atom. The first kappa shape index (κ1) is 21.5. The van der Waals surface area contributed by atoms with E-state index in [1.807, 2.05) is 6.92 Å². The van der Waals surface area contributed by atoms with Crippen molar-refractivity contribution in [1.29, 1.82) is 0 Å². The second-order valence-corrected chi connectivity index (χ2v) is 8.87. The molecule has 160 valence electrons. The predicted molar refractivity (Wildman–Crippen MR) is 122 cm³/mol. The number of rotatable bonds is 5. The molecule has 1 aromatic carbocycles. The smallest absolute Gasteiger partial charge is 0.261 e. The van der Waals surface area contributed by atoms with E-state index in [-0.39, 0.29) is 23.0 Å². The van der Waals surface area contributed by atoms with Crippen molar-refractivity contribution in [2.75, 3.05) is 18.4 Å². The number of hydrogen-bond donors (Lipinski definition) is 2. The molecule has 1 atom stereocenters. The number of terminal acetylenes is 1. The van der Waals surface area contributed by atoms with E-state index in [1.165, 1.54) is 29.8 Å². The number of nitrogens with zero attached hydrogens (tertiary/aromatic N) is 3. The van der Waals surface area contributed by atoms with Crippen LogP contribution in [0.25, 0.3) is 10.2 Å². The van der Waals surface area contributed by atoms with Crippen molar-refractivity contribution in [3.63, 3.8) is 0 Å². The summed E-state index contributed by atoms with van der Waals surface area (Å²) in [4.78, 5) is 24.9. The van der Waals surface area contributed by atoms with Gasteiger partial charge < -0.3 is 10.6 Å². The van der Waals surface area contributed by atoms with Gasteiger partial charge in [-0.15, -0.1) is 17.8 Å². The van der Waals surface area contributed by atoms with Crippen LogP contribution in [0.5, 0.6) is 0 Å². The van der Waals surface area contributed by atoms with Gasteiger partial charge in [0.1, 0.15) is 22.8 Å². The number of amides is 1. The molecule has 3 heterocycles. The third-order valence-corrected chi connectivity index (χ3v) is 6.72. The highest BCUT2D eigenvalue weighted by Gasteiger charge is 2.24. The second-order valence-electron chi connectivity index (χ2n) is 7.43. The van der Waals surface area contributed by atoms with E-state index in [4.69, 9.17) is 18.0 Å². The van der Waals surface area contributed by atoms with Gasteiger partial charge in [-0.2, -0.15) is 0 Å². The number of thiophene rings is 1. The van der Waals surface area contributed by atoms with E-state index < -0.39 is 5.82 Å². The Bertz CT molecular complexity index is 1150. The number of anilines is 2. The van der Waals surface area contributed by atoms with E-state index >= 15 is 0 Å². The van der Waals surface area contributed by atoms with E-state index in [0.29, 0.717) is 21.2 Å². The zero-order valence-corrected chi connectivity index (χ0v) is 18.4. The van der Waals surface area contributed by atoms with Crippen molar-refractivity contribution in [2.45, 2.75) is 31.8 Å². The minimum Gasteiger partial charge on any atom is -0.349 e. The molecule has 3 aromatic rings. The lowest BCUT2D eigenvalue weighted by Gasteiger charge is -2.34. The van der Waals surface area contributed by atoms with Crippen molar-refractivity contribution >= 4 is 50.6 Å². The van der Waals surface area contributed by atoms with Crippen LogP contribution in [0.1, 0.15) is 29.4 Å². The van der Waals surface area contributed by atoms with Crippen LogP contribution in [0.3, 0.4) is 0 Å². The van der Waals surface area contributed by atoms with Gasteiger partial charge in [-0.3, -0.25) is 9.69 Å². The number of halogens is 2. The molecule has 0 aliphatic carbocycles. The van der Waals surface area contributed by atoms with Crippen LogP contribution < -0.4 is 10.6 Å². The first-order chi connectivity index (χ1) is 14.9. The number of likely N-dealkylation sites (tertiary alicyclic amines) is 1. The number of carbonyl (C=O) groups excluding carboxylic acids is 1. The Kier molecular flexibility index (Phi) is 6.37. The van der Waals surface area contributed by atoms with Gasteiger partial charge in [0.15, 0.2) is 0 Å². The number of fused-ring (bicyclic) bond motifs is 1. The third kappa shape index (κ3) is 4.79. The average molecular weight is 458 g/mol. The molecule has 1 aliphatic heterocycles. The molecule has 1 fully saturated rings. The number of piperidine rings is 1. The molecule has 9 heteroatoms. The lowest BCUT2D eigenvalue weighted by atomic mass is 10.0. The molecule has 0 saturated carbocycles. The Morgan fingerprint density at radius 2 is 2.13 bits per heavy atom. The van der Waals surface area contributed by atoms with Gasteiger partial charge in [-0.05, 0) is 44.0 Å². The highest BCUT2D eigenvalue weighted by Crippen LogP contribution is 2.31. The van der Waals surface area contributed by atoms with Gasteiger partial charge in [-0.25, -0.2) is 14.4 Å². The summed E-state index contributed by atoms with van der Waals surface area (Å²) in [6, 6.07) is 6.34. The summed E-state index contributed by atoms with van der Waals surface area (Å²) in [6.45, 7) is 3.74.